The molecule has 0 spiro atoms. The first-order chi connectivity index (χ1) is 7.32. The Morgan fingerprint density at radius 3 is 2.44 bits per heavy atom. The molecule has 1 heterocycles. The van der Waals surface area contributed by atoms with Gasteiger partial charge in [0.15, 0.2) is 0 Å². The van der Waals surface area contributed by atoms with Crippen molar-refractivity contribution >= 4 is 17.9 Å². The molecule has 3 N–H and O–H groups in total. The molecule has 7 nitrogen and oxygen atoms in total. The van der Waals surface area contributed by atoms with Gasteiger partial charge >= 0.3 is 12.0 Å². The Morgan fingerprint density at radius 2 is 2.00 bits per heavy atom. The van der Waals surface area contributed by atoms with Crippen LogP contribution in [0.5, 0.6) is 0 Å². The molecule has 0 aromatic heterocycles. The lowest BCUT2D eigenvalue weighted by molar-refractivity contribution is -0.142. The van der Waals surface area contributed by atoms with Crippen molar-refractivity contribution in [3.63, 3.8) is 0 Å². The molecule has 0 aromatic rings. The fraction of sp³-hybridized carbons (Fsp3) is 0.667. The zero-order chi connectivity index (χ0) is 12.5. The van der Waals surface area contributed by atoms with Crippen molar-refractivity contribution in [1.29, 1.82) is 0 Å². The number of imide groups is 1. The number of hydrogen-bond donors (Lipinski definition) is 2. The number of nitrogens with zero attached hydrogens (tertiary/aromatic N) is 2. The maximum absolute atomic E-state index is 11.8. The number of aliphatic carboxylic acids is 1. The molecule has 0 radical (unpaired) electrons. The fourth-order valence-corrected chi connectivity index (χ4v) is 1.70. The van der Waals surface area contributed by atoms with E-state index in [1.165, 1.54) is 4.90 Å². The molecule has 1 saturated heterocycles. The largest absolute Gasteiger partial charge is 0.480 e. The van der Waals surface area contributed by atoms with Crippen LogP contribution in [0.1, 0.15) is 13.8 Å². The molecule has 1 aliphatic rings. The first-order valence-electron chi connectivity index (χ1n) is 4.87. The van der Waals surface area contributed by atoms with Gasteiger partial charge in [0.05, 0.1) is 0 Å². The first-order valence-corrected chi connectivity index (χ1v) is 4.87. The van der Waals surface area contributed by atoms with Crippen LogP contribution in [0.2, 0.25) is 0 Å². The molecule has 1 aliphatic heterocycles. The average Bonchev–Trinajstić information content (AvgIpc) is 2.32. The van der Waals surface area contributed by atoms with Gasteiger partial charge in [0.1, 0.15) is 12.1 Å². The van der Waals surface area contributed by atoms with E-state index in [4.69, 9.17) is 10.8 Å². The number of carbonyl (C=O) groups is 3. The summed E-state index contributed by atoms with van der Waals surface area (Å²) in [6.45, 7) is 2.99. The molecule has 90 valence electrons. The maximum atomic E-state index is 11.8. The van der Waals surface area contributed by atoms with Crippen molar-refractivity contribution in [2.75, 3.05) is 19.6 Å². The Morgan fingerprint density at radius 1 is 1.44 bits per heavy atom. The standard InChI is InChI=1S/C9H15N3O4/c1-9(2)7(15)11(5-6(13)14)8(16)12(9)4-3-10/h3-5,10H2,1-2H3,(H,13,14). The smallest absolute Gasteiger partial charge is 0.328 e. The van der Waals surface area contributed by atoms with E-state index in [0.29, 0.717) is 0 Å². The van der Waals surface area contributed by atoms with E-state index >= 15 is 0 Å². The quantitative estimate of drug-likeness (QED) is 0.606. The van der Waals surface area contributed by atoms with Crippen LogP contribution in [-0.2, 0) is 9.59 Å². The number of carboxylic acids is 1. The average molecular weight is 229 g/mol. The monoisotopic (exact) mass is 229 g/mol. The highest BCUT2D eigenvalue weighted by atomic mass is 16.4. The third kappa shape index (κ3) is 1.85. The molecule has 0 aliphatic carbocycles. The Hall–Kier alpha value is -1.63. The van der Waals surface area contributed by atoms with Gasteiger partial charge in [-0.3, -0.25) is 14.5 Å². The van der Waals surface area contributed by atoms with Gasteiger partial charge in [-0.05, 0) is 13.8 Å². The van der Waals surface area contributed by atoms with Crippen molar-refractivity contribution in [2.24, 2.45) is 5.73 Å². The summed E-state index contributed by atoms with van der Waals surface area (Å²) in [5.41, 5.74) is 4.32. The zero-order valence-electron chi connectivity index (χ0n) is 9.27. The Labute approximate surface area is 92.8 Å². The van der Waals surface area contributed by atoms with Crippen molar-refractivity contribution in [3.05, 3.63) is 0 Å². The summed E-state index contributed by atoms with van der Waals surface area (Å²) in [6.07, 6.45) is 0. The number of nitrogens with two attached hydrogens (primary N) is 1. The summed E-state index contributed by atoms with van der Waals surface area (Å²) in [7, 11) is 0. The number of rotatable bonds is 4. The van der Waals surface area contributed by atoms with Crippen molar-refractivity contribution in [2.45, 2.75) is 19.4 Å². The van der Waals surface area contributed by atoms with E-state index < -0.39 is 30.0 Å². The van der Waals surface area contributed by atoms with Crippen LogP contribution in [0.15, 0.2) is 0 Å². The number of carbonyl (C=O) groups excluding carboxylic acids is 2. The molecule has 0 bridgehead atoms. The van der Waals surface area contributed by atoms with Crippen LogP contribution in [0.25, 0.3) is 0 Å². The lowest BCUT2D eigenvalue weighted by Crippen LogP contribution is -2.46. The van der Waals surface area contributed by atoms with Gasteiger partial charge in [0.25, 0.3) is 5.91 Å². The van der Waals surface area contributed by atoms with Crippen molar-refractivity contribution in [1.82, 2.24) is 9.80 Å². The molecule has 3 amide bonds. The zero-order valence-corrected chi connectivity index (χ0v) is 9.27. The summed E-state index contributed by atoms with van der Waals surface area (Å²) in [4.78, 5) is 36.1. The minimum absolute atomic E-state index is 0.226. The fourth-order valence-electron chi connectivity index (χ4n) is 1.70. The molecule has 7 heteroatoms. The second kappa shape index (κ2) is 4.09. The van der Waals surface area contributed by atoms with Gasteiger partial charge in [-0.1, -0.05) is 0 Å². The van der Waals surface area contributed by atoms with Gasteiger partial charge in [-0.2, -0.15) is 0 Å². The Kier molecular flexibility index (Phi) is 3.18. The molecule has 0 saturated carbocycles. The highest BCUT2D eigenvalue weighted by Gasteiger charge is 2.51. The summed E-state index contributed by atoms with van der Waals surface area (Å²) in [5.74, 6) is -1.72. The molecule has 0 atom stereocenters. The number of hydrogen-bond acceptors (Lipinski definition) is 4. The summed E-state index contributed by atoms with van der Waals surface area (Å²) >= 11 is 0. The molecule has 0 unspecified atom stereocenters. The van der Waals surface area contributed by atoms with E-state index in [2.05, 4.69) is 0 Å². The maximum Gasteiger partial charge on any atom is 0.328 e. The van der Waals surface area contributed by atoms with Gasteiger partial charge in [0.2, 0.25) is 0 Å². The molecule has 0 aromatic carbocycles. The SMILES string of the molecule is CC1(C)C(=O)N(CC(=O)O)C(=O)N1CCN. The van der Waals surface area contributed by atoms with Crippen LogP contribution in [0.3, 0.4) is 0 Å². The highest BCUT2D eigenvalue weighted by Crippen LogP contribution is 2.26. The third-order valence-corrected chi connectivity index (χ3v) is 2.55. The van der Waals surface area contributed by atoms with Gasteiger partial charge < -0.3 is 15.7 Å². The van der Waals surface area contributed by atoms with E-state index in [9.17, 15) is 14.4 Å². The summed E-state index contributed by atoms with van der Waals surface area (Å²) < 4.78 is 0. The summed E-state index contributed by atoms with van der Waals surface area (Å²) in [6, 6.07) is -0.595. The van der Waals surface area contributed by atoms with Crippen molar-refractivity contribution in [3.8, 4) is 0 Å². The third-order valence-electron chi connectivity index (χ3n) is 2.55. The van der Waals surface area contributed by atoms with Crippen LogP contribution >= 0.6 is 0 Å². The van der Waals surface area contributed by atoms with E-state index in [0.717, 1.165) is 4.90 Å². The van der Waals surface area contributed by atoms with Crippen LogP contribution in [-0.4, -0.2) is 58.0 Å². The minimum atomic E-state index is -1.22. The lowest BCUT2D eigenvalue weighted by Gasteiger charge is -2.26. The molecule has 16 heavy (non-hydrogen) atoms. The first kappa shape index (κ1) is 12.4. The Bertz CT molecular complexity index is 340. The molecular formula is C9H15N3O4. The second-order valence-electron chi connectivity index (χ2n) is 4.07. The van der Waals surface area contributed by atoms with Gasteiger partial charge in [-0.15, -0.1) is 0 Å². The van der Waals surface area contributed by atoms with Crippen LogP contribution in [0.4, 0.5) is 4.79 Å². The second-order valence-corrected chi connectivity index (χ2v) is 4.07. The van der Waals surface area contributed by atoms with Gasteiger partial charge in [0, 0.05) is 13.1 Å². The van der Waals surface area contributed by atoms with Gasteiger partial charge in [-0.25, -0.2) is 4.79 Å². The normalized spacial score (nSPS) is 19.4. The number of amides is 3. The van der Waals surface area contributed by atoms with Crippen molar-refractivity contribution < 1.29 is 19.5 Å². The molecule has 1 rings (SSSR count). The highest BCUT2D eigenvalue weighted by molar-refractivity contribution is 6.08. The number of urea groups is 1. The number of carboxylic acid groups (broad SMARTS) is 1. The van der Waals surface area contributed by atoms with E-state index in [-0.39, 0.29) is 13.1 Å². The van der Waals surface area contributed by atoms with Crippen LogP contribution < -0.4 is 5.73 Å². The minimum Gasteiger partial charge on any atom is -0.480 e. The lowest BCUT2D eigenvalue weighted by atomic mass is 10.0. The molecular weight excluding hydrogens is 214 g/mol. The Balaban J connectivity index is 2.96. The van der Waals surface area contributed by atoms with E-state index in [1.54, 1.807) is 13.8 Å². The summed E-state index contributed by atoms with van der Waals surface area (Å²) in [5, 5.41) is 8.61. The van der Waals surface area contributed by atoms with Crippen LogP contribution in [0, 0.1) is 0 Å². The predicted octanol–water partition coefficient (Wildman–Crippen LogP) is -0.927. The van der Waals surface area contributed by atoms with E-state index in [1.807, 2.05) is 0 Å². The predicted molar refractivity (Wildman–Crippen MR) is 54.6 cm³/mol. The topological polar surface area (TPSA) is 104 Å². The molecule has 1 fully saturated rings.